The smallest absolute Gasteiger partial charge is 0.341 e. The van der Waals surface area contributed by atoms with Gasteiger partial charge in [-0.25, -0.2) is 14.5 Å². The molecule has 3 rings (SSSR count). The van der Waals surface area contributed by atoms with Crippen molar-refractivity contribution >= 4 is 46.1 Å². The Kier molecular flexibility index (Phi) is 6.12. The first-order chi connectivity index (χ1) is 13.9. The summed E-state index contributed by atoms with van der Waals surface area (Å²) < 4.78 is 4.88. The van der Waals surface area contributed by atoms with Crippen LogP contribution in [0.15, 0.2) is 12.7 Å². The van der Waals surface area contributed by atoms with Gasteiger partial charge < -0.3 is 10.1 Å². The molecule has 9 nitrogen and oxygen atoms in total. The van der Waals surface area contributed by atoms with Gasteiger partial charge in [0.15, 0.2) is 0 Å². The van der Waals surface area contributed by atoms with E-state index in [0.29, 0.717) is 15.5 Å². The van der Waals surface area contributed by atoms with E-state index in [4.69, 9.17) is 4.74 Å². The summed E-state index contributed by atoms with van der Waals surface area (Å²) in [6.07, 6.45) is 5.86. The molecule has 29 heavy (non-hydrogen) atoms. The van der Waals surface area contributed by atoms with Crippen LogP contribution in [0.1, 0.15) is 40.1 Å². The number of anilines is 1. The van der Waals surface area contributed by atoms with Crippen LogP contribution < -0.4 is 5.32 Å². The van der Waals surface area contributed by atoms with Crippen LogP contribution in [0.5, 0.6) is 0 Å². The van der Waals surface area contributed by atoms with Crippen LogP contribution in [-0.2, 0) is 32.0 Å². The van der Waals surface area contributed by atoms with Crippen LogP contribution in [0.25, 0.3) is 0 Å². The van der Waals surface area contributed by atoms with Crippen LogP contribution in [-0.4, -0.2) is 59.7 Å². The van der Waals surface area contributed by atoms with E-state index in [1.54, 1.807) is 0 Å². The number of hydrogen-bond donors (Lipinski definition) is 1. The number of hydrogen-bond acceptors (Lipinski definition) is 7. The number of carbonyl (C=O) groups is 5. The van der Waals surface area contributed by atoms with Crippen molar-refractivity contribution in [1.82, 2.24) is 9.80 Å². The fourth-order valence-electron chi connectivity index (χ4n) is 3.44. The molecule has 1 aliphatic carbocycles. The molecule has 1 fully saturated rings. The zero-order chi connectivity index (χ0) is 21.1. The Hall–Kier alpha value is -3.01. The highest BCUT2D eigenvalue weighted by Gasteiger charge is 2.44. The van der Waals surface area contributed by atoms with Crippen LogP contribution in [0, 0.1) is 0 Å². The van der Waals surface area contributed by atoms with Crippen LogP contribution in [0.3, 0.4) is 0 Å². The van der Waals surface area contributed by atoms with E-state index in [2.05, 4.69) is 11.9 Å². The predicted octanol–water partition coefficient (Wildman–Crippen LogP) is 1.72. The molecule has 0 unspecified atom stereocenters. The van der Waals surface area contributed by atoms with Crippen molar-refractivity contribution < 1.29 is 28.7 Å². The normalized spacial score (nSPS) is 16.5. The molecular weight excluding hydrogens is 398 g/mol. The van der Waals surface area contributed by atoms with E-state index in [1.165, 1.54) is 24.5 Å². The Morgan fingerprint density at radius 2 is 1.83 bits per heavy atom. The molecule has 1 aromatic rings. The SMILES string of the molecule is C=CCN1C(=O)C(=O)N(CC(=O)Nc2sc3c(c2C(=O)OC)CCCCC3)C1=O. The lowest BCUT2D eigenvalue weighted by atomic mass is 10.1. The lowest BCUT2D eigenvalue weighted by Gasteiger charge is -2.14. The standard InChI is InChI=1S/C19H21N3O6S/c1-3-9-21-16(24)17(25)22(19(21)27)10-13(23)20-15-14(18(26)28-2)11-7-5-4-6-8-12(11)29-15/h3H,1,4-10H2,2H3,(H,20,23). The van der Waals surface area contributed by atoms with Gasteiger partial charge in [-0.3, -0.25) is 19.3 Å². The number of imide groups is 2. The predicted molar refractivity (Wildman–Crippen MR) is 105 cm³/mol. The molecule has 0 spiro atoms. The summed E-state index contributed by atoms with van der Waals surface area (Å²) in [4.78, 5) is 63.3. The van der Waals surface area contributed by atoms with Crippen molar-refractivity contribution in [2.24, 2.45) is 0 Å². The molecule has 0 radical (unpaired) electrons. The molecule has 5 amide bonds. The van der Waals surface area contributed by atoms with Crippen LogP contribution in [0.4, 0.5) is 9.80 Å². The summed E-state index contributed by atoms with van der Waals surface area (Å²) in [5, 5.41) is 2.95. The van der Waals surface area contributed by atoms with Crippen LogP contribution >= 0.6 is 11.3 Å². The van der Waals surface area contributed by atoms with Gasteiger partial charge in [0.2, 0.25) is 5.91 Å². The highest BCUT2D eigenvalue weighted by atomic mass is 32.1. The number of ether oxygens (including phenoxy) is 1. The Morgan fingerprint density at radius 1 is 1.14 bits per heavy atom. The molecule has 0 aromatic carbocycles. The number of rotatable bonds is 6. The second kappa shape index (κ2) is 8.56. The Morgan fingerprint density at radius 3 is 2.52 bits per heavy atom. The number of aryl methyl sites for hydroxylation is 1. The number of nitrogens with one attached hydrogen (secondary N) is 1. The van der Waals surface area contributed by atoms with Gasteiger partial charge in [-0.15, -0.1) is 17.9 Å². The van der Waals surface area contributed by atoms with E-state index in [0.717, 1.165) is 47.4 Å². The average molecular weight is 419 g/mol. The summed E-state index contributed by atoms with van der Waals surface area (Å²) in [6, 6.07) is -0.870. The molecule has 2 heterocycles. The Bertz CT molecular complexity index is 906. The average Bonchev–Trinajstić information content (AvgIpc) is 2.99. The van der Waals surface area contributed by atoms with Gasteiger partial charge in [-0.2, -0.15) is 0 Å². The molecule has 0 saturated carbocycles. The Labute approximate surface area is 171 Å². The van der Waals surface area contributed by atoms with Crippen molar-refractivity contribution in [1.29, 1.82) is 0 Å². The monoisotopic (exact) mass is 419 g/mol. The van der Waals surface area contributed by atoms with Gasteiger partial charge >= 0.3 is 23.8 Å². The number of esters is 1. The second-order valence-electron chi connectivity index (χ2n) is 6.69. The minimum Gasteiger partial charge on any atom is -0.465 e. The van der Waals surface area contributed by atoms with Gasteiger partial charge in [0, 0.05) is 11.4 Å². The molecule has 0 bridgehead atoms. The van der Waals surface area contributed by atoms with E-state index in [1.807, 2.05) is 0 Å². The maximum Gasteiger partial charge on any atom is 0.341 e. The molecule has 1 aromatic heterocycles. The number of amides is 5. The lowest BCUT2D eigenvalue weighted by Crippen LogP contribution is -2.39. The first-order valence-corrected chi connectivity index (χ1v) is 10.0. The molecule has 10 heteroatoms. The number of nitrogens with zero attached hydrogens (tertiary/aromatic N) is 2. The molecule has 1 N–H and O–H groups in total. The molecule has 154 valence electrons. The third-order valence-electron chi connectivity index (χ3n) is 4.81. The number of fused-ring (bicyclic) bond motifs is 1. The quantitative estimate of drug-likeness (QED) is 0.247. The first kappa shape index (κ1) is 20.7. The minimum absolute atomic E-state index is 0.119. The van der Waals surface area contributed by atoms with Gasteiger partial charge in [-0.05, 0) is 31.2 Å². The van der Waals surface area contributed by atoms with E-state index in [9.17, 15) is 24.0 Å². The van der Waals surface area contributed by atoms with E-state index < -0.39 is 36.3 Å². The van der Waals surface area contributed by atoms with Crippen molar-refractivity contribution in [2.75, 3.05) is 25.5 Å². The van der Waals surface area contributed by atoms with Crippen molar-refractivity contribution in [2.45, 2.75) is 32.1 Å². The fourth-order valence-corrected chi connectivity index (χ4v) is 4.73. The van der Waals surface area contributed by atoms with Crippen molar-refractivity contribution in [3.8, 4) is 0 Å². The maximum absolute atomic E-state index is 12.5. The summed E-state index contributed by atoms with van der Waals surface area (Å²) in [6.45, 7) is 2.69. The number of carbonyl (C=O) groups excluding carboxylic acids is 5. The van der Waals surface area contributed by atoms with E-state index >= 15 is 0 Å². The largest absolute Gasteiger partial charge is 0.465 e. The third-order valence-corrected chi connectivity index (χ3v) is 6.02. The summed E-state index contributed by atoms with van der Waals surface area (Å²) >= 11 is 1.30. The zero-order valence-corrected chi connectivity index (χ0v) is 16.8. The maximum atomic E-state index is 12.5. The summed E-state index contributed by atoms with van der Waals surface area (Å²) in [7, 11) is 1.27. The first-order valence-electron chi connectivity index (χ1n) is 9.20. The van der Waals surface area contributed by atoms with Crippen molar-refractivity contribution in [3.63, 3.8) is 0 Å². The topological polar surface area (TPSA) is 113 Å². The van der Waals surface area contributed by atoms with Crippen molar-refractivity contribution in [3.05, 3.63) is 28.7 Å². The number of methoxy groups -OCH3 is 1. The van der Waals surface area contributed by atoms with Gasteiger partial charge in [-0.1, -0.05) is 12.5 Å². The van der Waals surface area contributed by atoms with Gasteiger partial charge in [0.25, 0.3) is 0 Å². The van der Waals surface area contributed by atoms with Crippen LogP contribution in [0.2, 0.25) is 0 Å². The number of thiophene rings is 1. The Balaban J connectivity index is 1.80. The zero-order valence-electron chi connectivity index (χ0n) is 16.0. The van der Waals surface area contributed by atoms with E-state index in [-0.39, 0.29) is 6.54 Å². The molecule has 0 atom stereocenters. The second-order valence-corrected chi connectivity index (χ2v) is 7.79. The lowest BCUT2D eigenvalue weighted by molar-refractivity contribution is -0.143. The van der Waals surface area contributed by atoms with Gasteiger partial charge in [0.05, 0.1) is 12.7 Å². The third kappa shape index (κ3) is 3.93. The molecule has 1 saturated heterocycles. The molecule has 1 aliphatic heterocycles. The highest BCUT2D eigenvalue weighted by Crippen LogP contribution is 2.38. The number of urea groups is 1. The molecule has 2 aliphatic rings. The minimum atomic E-state index is -1.07. The summed E-state index contributed by atoms with van der Waals surface area (Å²) in [5.74, 6) is -3.29. The molecular formula is C19H21N3O6S. The summed E-state index contributed by atoms with van der Waals surface area (Å²) in [5.41, 5.74) is 1.21. The van der Waals surface area contributed by atoms with Gasteiger partial charge in [0.1, 0.15) is 11.5 Å². The highest BCUT2D eigenvalue weighted by molar-refractivity contribution is 7.17. The fraction of sp³-hybridized carbons (Fsp3) is 0.421.